The number of nitrogens with two attached hydrogens (primary N) is 1. The number of rotatable bonds is 2. The summed E-state index contributed by atoms with van der Waals surface area (Å²) in [5.41, 5.74) is 8.33. The van der Waals surface area contributed by atoms with Gasteiger partial charge in [0, 0.05) is 10.0 Å². The Morgan fingerprint density at radius 2 is 1.94 bits per heavy atom. The number of primary amides is 1. The van der Waals surface area contributed by atoms with Crippen LogP contribution in [-0.4, -0.2) is 10.9 Å². The van der Waals surface area contributed by atoms with Crippen LogP contribution in [-0.2, 0) is 0 Å². The summed E-state index contributed by atoms with van der Waals surface area (Å²) in [4.78, 5) is 15.4. The average molecular weight is 291 g/mol. The highest BCUT2D eigenvalue weighted by Crippen LogP contribution is 2.28. The van der Waals surface area contributed by atoms with Gasteiger partial charge in [0.1, 0.15) is 5.69 Å². The van der Waals surface area contributed by atoms with Gasteiger partial charge in [0.15, 0.2) is 0 Å². The molecule has 17 heavy (non-hydrogen) atoms. The third-order valence-corrected chi connectivity index (χ3v) is 3.14. The van der Waals surface area contributed by atoms with Gasteiger partial charge in [-0.25, -0.2) is 4.98 Å². The van der Waals surface area contributed by atoms with Crippen LogP contribution < -0.4 is 5.73 Å². The van der Waals surface area contributed by atoms with E-state index < -0.39 is 5.91 Å². The molecule has 86 valence electrons. The minimum absolute atomic E-state index is 0.270. The van der Waals surface area contributed by atoms with Gasteiger partial charge in [0.2, 0.25) is 0 Å². The number of hydrogen-bond acceptors (Lipinski definition) is 2. The van der Waals surface area contributed by atoms with E-state index in [0.717, 1.165) is 21.3 Å². The first-order valence-corrected chi connectivity index (χ1v) is 5.91. The van der Waals surface area contributed by atoms with Gasteiger partial charge in [-0.2, -0.15) is 0 Å². The van der Waals surface area contributed by atoms with Crippen LogP contribution in [0.3, 0.4) is 0 Å². The highest BCUT2D eigenvalue weighted by Gasteiger charge is 2.10. The van der Waals surface area contributed by atoms with Gasteiger partial charge in [-0.15, -0.1) is 0 Å². The first-order chi connectivity index (χ1) is 8.09. The molecule has 0 aliphatic heterocycles. The lowest BCUT2D eigenvalue weighted by atomic mass is 10.1. The lowest BCUT2D eigenvalue weighted by molar-refractivity contribution is 0.0995. The summed E-state index contributed by atoms with van der Waals surface area (Å²) >= 11 is 3.44. The first-order valence-electron chi connectivity index (χ1n) is 5.12. The van der Waals surface area contributed by atoms with Crippen molar-refractivity contribution >= 4 is 21.8 Å². The molecule has 1 aromatic heterocycles. The number of aryl methyl sites for hydroxylation is 1. The molecule has 0 radical (unpaired) electrons. The molecule has 0 aliphatic carbocycles. The number of pyridine rings is 1. The predicted octanol–water partition coefficient (Wildman–Crippen LogP) is 2.92. The summed E-state index contributed by atoms with van der Waals surface area (Å²) in [7, 11) is 0. The molecule has 2 N–H and O–H groups in total. The van der Waals surface area contributed by atoms with Crippen LogP contribution in [0.2, 0.25) is 0 Å². The van der Waals surface area contributed by atoms with Crippen molar-refractivity contribution < 1.29 is 4.79 Å². The van der Waals surface area contributed by atoms with E-state index in [1.54, 1.807) is 12.1 Å². The smallest absolute Gasteiger partial charge is 0.267 e. The van der Waals surface area contributed by atoms with Crippen LogP contribution in [0.25, 0.3) is 11.3 Å². The third kappa shape index (κ3) is 2.36. The number of nitrogens with zero attached hydrogens (tertiary/aromatic N) is 1. The third-order valence-electron chi connectivity index (χ3n) is 2.50. The van der Waals surface area contributed by atoms with E-state index in [1.807, 2.05) is 31.2 Å². The Hall–Kier alpha value is -1.68. The van der Waals surface area contributed by atoms with Crippen LogP contribution in [0.4, 0.5) is 0 Å². The van der Waals surface area contributed by atoms with Crippen molar-refractivity contribution in [1.82, 2.24) is 4.98 Å². The number of benzene rings is 1. The van der Waals surface area contributed by atoms with Gasteiger partial charge in [0.05, 0.1) is 5.69 Å². The maximum Gasteiger partial charge on any atom is 0.267 e. The van der Waals surface area contributed by atoms with Crippen molar-refractivity contribution in [2.24, 2.45) is 5.73 Å². The molecule has 4 heteroatoms. The van der Waals surface area contributed by atoms with E-state index in [4.69, 9.17) is 5.73 Å². The fourth-order valence-electron chi connectivity index (χ4n) is 1.61. The Bertz CT molecular complexity index is 581. The molecular weight excluding hydrogens is 280 g/mol. The van der Waals surface area contributed by atoms with Crippen LogP contribution >= 0.6 is 15.9 Å². The first kappa shape index (κ1) is 11.8. The SMILES string of the molecule is Cc1ccccc1-c1nc(C(N)=O)ccc1Br. The molecule has 0 aliphatic rings. The molecule has 0 bridgehead atoms. The van der Waals surface area contributed by atoms with Crippen molar-refractivity contribution in [1.29, 1.82) is 0 Å². The fraction of sp³-hybridized carbons (Fsp3) is 0.0769. The highest BCUT2D eigenvalue weighted by molar-refractivity contribution is 9.10. The van der Waals surface area contributed by atoms with Gasteiger partial charge >= 0.3 is 0 Å². The molecule has 0 fully saturated rings. The Morgan fingerprint density at radius 1 is 1.24 bits per heavy atom. The number of halogens is 1. The summed E-state index contributed by atoms with van der Waals surface area (Å²) in [5, 5.41) is 0. The van der Waals surface area contributed by atoms with E-state index in [-0.39, 0.29) is 5.69 Å². The van der Waals surface area contributed by atoms with Gasteiger partial charge < -0.3 is 5.73 Å². The summed E-state index contributed by atoms with van der Waals surface area (Å²) < 4.78 is 0.844. The number of carbonyl (C=O) groups excluding carboxylic acids is 1. The van der Waals surface area contributed by atoms with E-state index in [1.165, 1.54) is 0 Å². The summed E-state index contributed by atoms with van der Waals surface area (Å²) in [6.07, 6.45) is 0. The van der Waals surface area contributed by atoms with Crippen LogP contribution in [0.5, 0.6) is 0 Å². The van der Waals surface area contributed by atoms with Gasteiger partial charge in [-0.05, 0) is 40.5 Å². The van der Waals surface area contributed by atoms with E-state index in [0.29, 0.717) is 0 Å². The molecule has 1 heterocycles. The lowest BCUT2D eigenvalue weighted by Crippen LogP contribution is -2.13. The molecule has 1 amide bonds. The maximum absolute atomic E-state index is 11.1. The molecular formula is C13H11BrN2O. The van der Waals surface area contributed by atoms with E-state index >= 15 is 0 Å². The Kier molecular flexibility index (Phi) is 3.24. The van der Waals surface area contributed by atoms with Crippen molar-refractivity contribution in [3.63, 3.8) is 0 Å². The largest absolute Gasteiger partial charge is 0.364 e. The summed E-state index contributed by atoms with van der Waals surface area (Å²) in [6, 6.07) is 11.3. The van der Waals surface area contributed by atoms with E-state index in [9.17, 15) is 4.79 Å². The number of amides is 1. The molecule has 1 aromatic carbocycles. The number of carbonyl (C=O) groups is 1. The second-order valence-corrected chi connectivity index (χ2v) is 4.56. The highest BCUT2D eigenvalue weighted by atomic mass is 79.9. The zero-order chi connectivity index (χ0) is 12.4. The topological polar surface area (TPSA) is 56.0 Å². The molecule has 0 saturated heterocycles. The Balaban J connectivity index is 2.63. The van der Waals surface area contributed by atoms with Crippen molar-refractivity contribution in [2.45, 2.75) is 6.92 Å². The normalized spacial score (nSPS) is 10.2. The fourth-order valence-corrected chi connectivity index (χ4v) is 2.04. The van der Waals surface area contributed by atoms with E-state index in [2.05, 4.69) is 20.9 Å². The minimum atomic E-state index is -0.521. The molecule has 0 atom stereocenters. The van der Waals surface area contributed by atoms with Gasteiger partial charge in [0.25, 0.3) is 5.91 Å². The lowest BCUT2D eigenvalue weighted by Gasteiger charge is -2.08. The summed E-state index contributed by atoms with van der Waals surface area (Å²) in [6.45, 7) is 2.00. The maximum atomic E-state index is 11.1. The van der Waals surface area contributed by atoms with Gasteiger partial charge in [-0.1, -0.05) is 24.3 Å². The van der Waals surface area contributed by atoms with Crippen molar-refractivity contribution in [3.8, 4) is 11.3 Å². The Morgan fingerprint density at radius 3 is 2.59 bits per heavy atom. The number of aromatic nitrogens is 1. The van der Waals surface area contributed by atoms with Gasteiger partial charge in [-0.3, -0.25) is 4.79 Å². The van der Waals surface area contributed by atoms with Crippen molar-refractivity contribution in [2.75, 3.05) is 0 Å². The second kappa shape index (κ2) is 4.67. The molecule has 2 rings (SSSR count). The van der Waals surface area contributed by atoms with Crippen LogP contribution in [0, 0.1) is 6.92 Å². The monoisotopic (exact) mass is 290 g/mol. The minimum Gasteiger partial charge on any atom is -0.364 e. The standard InChI is InChI=1S/C13H11BrN2O/c1-8-4-2-3-5-9(8)12-10(14)6-7-11(16-12)13(15)17/h2-7H,1H3,(H2,15,17). The predicted molar refractivity (Wildman–Crippen MR) is 70.6 cm³/mol. The van der Waals surface area contributed by atoms with Crippen LogP contribution in [0.1, 0.15) is 16.1 Å². The number of hydrogen-bond donors (Lipinski definition) is 1. The van der Waals surface area contributed by atoms with Crippen molar-refractivity contribution in [3.05, 3.63) is 52.1 Å². The van der Waals surface area contributed by atoms with Crippen LogP contribution in [0.15, 0.2) is 40.9 Å². The average Bonchev–Trinajstić information content (AvgIpc) is 2.30. The molecule has 0 spiro atoms. The zero-order valence-electron chi connectivity index (χ0n) is 9.27. The second-order valence-electron chi connectivity index (χ2n) is 3.71. The summed E-state index contributed by atoms with van der Waals surface area (Å²) in [5.74, 6) is -0.521. The molecule has 0 unspecified atom stereocenters. The zero-order valence-corrected chi connectivity index (χ0v) is 10.9. The quantitative estimate of drug-likeness (QED) is 0.925. The molecule has 2 aromatic rings. The Labute approximate surface area is 108 Å². The molecule has 0 saturated carbocycles. The molecule has 3 nitrogen and oxygen atoms in total.